The van der Waals surface area contributed by atoms with Crippen LogP contribution >= 0.6 is 0 Å². The van der Waals surface area contributed by atoms with Crippen molar-refractivity contribution in [2.75, 3.05) is 0 Å². The number of hydrogen-bond acceptors (Lipinski definition) is 2. The van der Waals surface area contributed by atoms with Gasteiger partial charge in [-0.3, -0.25) is 9.98 Å². The van der Waals surface area contributed by atoms with Crippen molar-refractivity contribution in [2.45, 2.75) is 40.2 Å². The highest BCUT2D eigenvalue weighted by atomic mass is 14.9. The van der Waals surface area contributed by atoms with Crippen LogP contribution in [0.3, 0.4) is 0 Å². The summed E-state index contributed by atoms with van der Waals surface area (Å²) in [5.41, 5.74) is 3.77. The first kappa shape index (κ1) is 11.3. The smallest absolute Gasteiger partial charge is 0.0957 e. The van der Waals surface area contributed by atoms with Gasteiger partial charge in [-0.25, -0.2) is 0 Å². The monoisotopic (exact) mass is 216 g/mol. The maximum absolute atomic E-state index is 4.80. The minimum Gasteiger partial charge on any atom is -0.283 e. The molecule has 0 aromatic rings. The van der Waals surface area contributed by atoms with Gasteiger partial charge in [0.2, 0.25) is 0 Å². The van der Waals surface area contributed by atoms with Crippen molar-refractivity contribution in [1.29, 1.82) is 0 Å². The summed E-state index contributed by atoms with van der Waals surface area (Å²) in [7, 11) is 0. The van der Waals surface area contributed by atoms with Gasteiger partial charge in [0.25, 0.3) is 0 Å². The van der Waals surface area contributed by atoms with E-state index in [0.717, 1.165) is 6.42 Å². The summed E-state index contributed by atoms with van der Waals surface area (Å²) in [6, 6.07) is 0.268. The summed E-state index contributed by atoms with van der Waals surface area (Å²) in [4.78, 5) is 9.30. The number of fused-ring (bicyclic) bond motifs is 1. The first-order chi connectivity index (χ1) is 7.59. The molecule has 1 atom stereocenters. The Bertz CT molecular complexity index is 395. The van der Waals surface area contributed by atoms with E-state index < -0.39 is 0 Å². The van der Waals surface area contributed by atoms with Gasteiger partial charge in [0.1, 0.15) is 0 Å². The molecular formula is C14H20N2. The van der Waals surface area contributed by atoms with E-state index in [-0.39, 0.29) is 6.04 Å². The van der Waals surface area contributed by atoms with Gasteiger partial charge in [-0.05, 0) is 29.9 Å². The van der Waals surface area contributed by atoms with Crippen LogP contribution < -0.4 is 0 Å². The van der Waals surface area contributed by atoms with E-state index in [0.29, 0.717) is 11.8 Å². The van der Waals surface area contributed by atoms with E-state index in [4.69, 9.17) is 4.99 Å². The third-order valence-corrected chi connectivity index (χ3v) is 3.14. The Morgan fingerprint density at radius 1 is 1.19 bits per heavy atom. The zero-order valence-electron chi connectivity index (χ0n) is 10.6. The maximum atomic E-state index is 4.80. The molecule has 0 saturated heterocycles. The van der Waals surface area contributed by atoms with Crippen molar-refractivity contribution in [2.24, 2.45) is 21.8 Å². The Hall–Kier alpha value is -1.18. The maximum Gasteiger partial charge on any atom is 0.0957 e. The third-order valence-electron chi connectivity index (χ3n) is 3.14. The SMILES string of the molecule is CC(C)C1=CC[C@H]2N=CC=C(C(C)C)C2=N1. The van der Waals surface area contributed by atoms with Crippen molar-refractivity contribution in [1.82, 2.24) is 0 Å². The lowest BCUT2D eigenvalue weighted by molar-refractivity contribution is 0.711. The summed E-state index contributed by atoms with van der Waals surface area (Å²) < 4.78 is 0. The molecule has 2 aliphatic rings. The van der Waals surface area contributed by atoms with Crippen LogP contribution in [0.15, 0.2) is 33.4 Å². The van der Waals surface area contributed by atoms with Crippen molar-refractivity contribution in [3.8, 4) is 0 Å². The molecule has 2 nitrogen and oxygen atoms in total. The molecule has 2 rings (SSSR count). The van der Waals surface area contributed by atoms with E-state index in [1.54, 1.807) is 0 Å². The summed E-state index contributed by atoms with van der Waals surface area (Å²) >= 11 is 0. The Kier molecular flexibility index (Phi) is 3.08. The third kappa shape index (κ3) is 2.01. The fourth-order valence-corrected chi connectivity index (χ4v) is 2.16. The number of hydrogen-bond donors (Lipinski definition) is 0. The molecule has 0 aliphatic carbocycles. The molecule has 2 heterocycles. The second-order valence-corrected chi connectivity index (χ2v) is 5.11. The Morgan fingerprint density at radius 3 is 2.56 bits per heavy atom. The van der Waals surface area contributed by atoms with E-state index >= 15 is 0 Å². The average Bonchev–Trinajstić information content (AvgIpc) is 2.27. The molecule has 0 unspecified atom stereocenters. The van der Waals surface area contributed by atoms with Crippen LogP contribution in [0.5, 0.6) is 0 Å². The predicted octanol–water partition coefficient (Wildman–Crippen LogP) is 3.41. The molecule has 0 saturated carbocycles. The zero-order valence-corrected chi connectivity index (χ0v) is 10.6. The Labute approximate surface area is 97.9 Å². The fraction of sp³-hybridized carbons (Fsp3) is 0.571. The number of allylic oxidation sites excluding steroid dienone is 2. The van der Waals surface area contributed by atoms with Gasteiger partial charge in [-0.1, -0.05) is 33.8 Å². The number of dihydropyridines is 1. The lowest BCUT2D eigenvalue weighted by atomic mass is 9.88. The molecule has 0 aromatic heterocycles. The van der Waals surface area contributed by atoms with Gasteiger partial charge < -0.3 is 0 Å². The minimum absolute atomic E-state index is 0.268. The normalized spacial score (nSPS) is 24.1. The summed E-state index contributed by atoms with van der Waals surface area (Å²) in [6.07, 6.45) is 7.29. The molecule has 0 bridgehead atoms. The highest BCUT2D eigenvalue weighted by Gasteiger charge is 2.25. The van der Waals surface area contributed by atoms with Crippen LogP contribution in [0.2, 0.25) is 0 Å². The first-order valence-corrected chi connectivity index (χ1v) is 6.12. The highest BCUT2D eigenvalue weighted by molar-refractivity contribution is 6.10. The second-order valence-electron chi connectivity index (χ2n) is 5.11. The van der Waals surface area contributed by atoms with E-state index in [9.17, 15) is 0 Å². The standard InChI is InChI=1S/C14H20N2/c1-9(2)11-7-8-15-13-6-5-12(10(3)4)16-14(11)13/h5,7-10,13H,6H2,1-4H3/t13-/m1/s1. The van der Waals surface area contributed by atoms with Crippen LogP contribution in [0.1, 0.15) is 34.1 Å². The molecule has 16 heavy (non-hydrogen) atoms. The van der Waals surface area contributed by atoms with Gasteiger partial charge in [-0.2, -0.15) is 0 Å². The van der Waals surface area contributed by atoms with E-state index in [2.05, 4.69) is 44.8 Å². The van der Waals surface area contributed by atoms with Crippen LogP contribution in [0.25, 0.3) is 0 Å². The molecule has 0 aromatic carbocycles. The van der Waals surface area contributed by atoms with Crippen LogP contribution in [0.4, 0.5) is 0 Å². The predicted molar refractivity (Wildman–Crippen MR) is 70.2 cm³/mol. The van der Waals surface area contributed by atoms with Crippen molar-refractivity contribution >= 4 is 11.9 Å². The molecule has 0 N–H and O–H groups in total. The molecule has 2 heteroatoms. The highest BCUT2D eigenvalue weighted by Crippen LogP contribution is 2.27. The number of aliphatic imine (C=N–C) groups is 2. The first-order valence-electron chi connectivity index (χ1n) is 6.12. The van der Waals surface area contributed by atoms with Gasteiger partial charge in [-0.15, -0.1) is 0 Å². The van der Waals surface area contributed by atoms with E-state index in [1.165, 1.54) is 17.0 Å². The number of nitrogens with zero attached hydrogens (tertiary/aromatic N) is 2. The quantitative estimate of drug-likeness (QED) is 0.676. The van der Waals surface area contributed by atoms with Crippen LogP contribution in [-0.2, 0) is 0 Å². The second kappa shape index (κ2) is 4.36. The molecule has 0 spiro atoms. The van der Waals surface area contributed by atoms with Gasteiger partial charge in [0.15, 0.2) is 0 Å². The summed E-state index contributed by atoms with van der Waals surface area (Å²) in [5, 5.41) is 0. The Morgan fingerprint density at radius 2 is 1.94 bits per heavy atom. The topological polar surface area (TPSA) is 24.7 Å². The Balaban J connectivity index is 2.35. The molecule has 0 amide bonds. The van der Waals surface area contributed by atoms with Gasteiger partial charge in [0.05, 0.1) is 11.8 Å². The largest absolute Gasteiger partial charge is 0.283 e. The molecular weight excluding hydrogens is 196 g/mol. The summed E-state index contributed by atoms with van der Waals surface area (Å²) in [5.74, 6) is 1.03. The molecule has 0 radical (unpaired) electrons. The minimum atomic E-state index is 0.268. The zero-order chi connectivity index (χ0) is 11.7. The van der Waals surface area contributed by atoms with Crippen LogP contribution in [-0.4, -0.2) is 18.0 Å². The molecule has 0 fully saturated rings. The van der Waals surface area contributed by atoms with Crippen molar-refractivity contribution in [3.63, 3.8) is 0 Å². The lowest BCUT2D eigenvalue weighted by Crippen LogP contribution is -2.28. The van der Waals surface area contributed by atoms with Gasteiger partial charge >= 0.3 is 0 Å². The van der Waals surface area contributed by atoms with Gasteiger partial charge in [0, 0.05) is 11.9 Å². The molecule has 2 aliphatic heterocycles. The lowest BCUT2D eigenvalue weighted by Gasteiger charge is -2.26. The van der Waals surface area contributed by atoms with Crippen molar-refractivity contribution < 1.29 is 0 Å². The van der Waals surface area contributed by atoms with Crippen LogP contribution in [0, 0.1) is 11.8 Å². The average molecular weight is 216 g/mol. The fourth-order valence-electron chi connectivity index (χ4n) is 2.16. The van der Waals surface area contributed by atoms with E-state index in [1.807, 2.05) is 6.21 Å². The molecule has 86 valence electrons. The number of rotatable bonds is 2. The van der Waals surface area contributed by atoms with Crippen molar-refractivity contribution in [3.05, 3.63) is 23.4 Å². The summed E-state index contributed by atoms with van der Waals surface area (Å²) in [6.45, 7) is 8.83.